The zero-order chi connectivity index (χ0) is 17.5. The molecule has 2 rings (SSSR count). The second kappa shape index (κ2) is 8.64. The van der Waals surface area contributed by atoms with Crippen molar-refractivity contribution in [1.29, 1.82) is 0 Å². The fourth-order valence-corrected chi connectivity index (χ4v) is 3.03. The molecule has 0 aliphatic heterocycles. The number of benzene rings is 1. The molecule has 4 nitrogen and oxygen atoms in total. The number of nitrogens with zero attached hydrogens (tertiary/aromatic N) is 2. The van der Waals surface area contributed by atoms with E-state index in [1.54, 1.807) is 22.3 Å². The van der Waals surface area contributed by atoms with Gasteiger partial charge in [0.25, 0.3) is 0 Å². The van der Waals surface area contributed by atoms with Crippen LogP contribution >= 0.6 is 11.3 Å². The van der Waals surface area contributed by atoms with Gasteiger partial charge in [-0.25, -0.2) is 4.98 Å². The van der Waals surface area contributed by atoms with Gasteiger partial charge in [0, 0.05) is 18.3 Å². The molecular weight excluding hydrogens is 320 g/mol. The van der Waals surface area contributed by atoms with E-state index < -0.39 is 0 Å². The van der Waals surface area contributed by atoms with Gasteiger partial charge in [-0.2, -0.15) is 0 Å². The molecule has 1 amide bonds. The van der Waals surface area contributed by atoms with E-state index in [1.807, 2.05) is 24.4 Å². The lowest BCUT2D eigenvalue weighted by Gasteiger charge is -2.19. The zero-order valence-corrected chi connectivity index (χ0v) is 15.4. The number of carbonyl (C=O) groups is 1. The topological polar surface area (TPSA) is 42.4 Å². The summed E-state index contributed by atoms with van der Waals surface area (Å²) in [7, 11) is 0. The molecule has 0 saturated heterocycles. The van der Waals surface area contributed by atoms with Crippen LogP contribution in [0.3, 0.4) is 0 Å². The predicted octanol–water partition coefficient (Wildman–Crippen LogP) is 4.26. The highest BCUT2D eigenvalue weighted by Crippen LogP contribution is 2.22. The van der Waals surface area contributed by atoms with Crippen LogP contribution in [0, 0.1) is 13.8 Å². The summed E-state index contributed by atoms with van der Waals surface area (Å²) in [6.45, 7) is 11.2. The Morgan fingerprint density at radius 1 is 1.42 bits per heavy atom. The van der Waals surface area contributed by atoms with Gasteiger partial charge in [0.1, 0.15) is 17.4 Å². The van der Waals surface area contributed by atoms with Crippen molar-refractivity contribution in [3.63, 3.8) is 0 Å². The van der Waals surface area contributed by atoms with E-state index in [4.69, 9.17) is 4.74 Å². The molecule has 1 heterocycles. The van der Waals surface area contributed by atoms with Gasteiger partial charge in [-0.15, -0.1) is 17.9 Å². The number of ether oxygens (including phenoxy) is 1. The SMILES string of the molecule is C=CCN(Cc1csc(COc2cccc(C)c2C)n1)C(=O)CC. The molecule has 0 aliphatic carbocycles. The van der Waals surface area contributed by atoms with Crippen LogP contribution in [0.1, 0.15) is 35.2 Å². The summed E-state index contributed by atoms with van der Waals surface area (Å²) in [6, 6.07) is 6.04. The first-order valence-electron chi connectivity index (χ1n) is 8.06. The fourth-order valence-electron chi connectivity index (χ4n) is 2.34. The number of thiazole rings is 1. The molecule has 24 heavy (non-hydrogen) atoms. The van der Waals surface area contributed by atoms with Crippen molar-refractivity contribution >= 4 is 17.2 Å². The average molecular weight is 344 g/mol. The molecule has 0 radical (unpaired) electrons. The molecule has 0 unspecified atom stereocenters. The lowest BCUT2D eigenvalue weighted by atomic mass is 10.1. The maximum absolute atomic E-state index is 11.9. The molecule has 0 N–H and O–H groups in total. The van der Waals surface area contributed by atoms with Gasteiger partial charge < -0.3 is 9.64 Å². The first kappa shape index (κ1) is 18.2. The van der Waals surface area contributed by atoms with Crippen LogP contribution in [0.15, 0.2) is 36.2 Å². The van der Waals surface area contributed by atoms with E-state index >= 15 is 0 Å². The Morgan fingerprint density at radius 3 is 2.92 bits per heavy atom. The second-order valence-electron chi connectivity index (χ2n) is 5.64. The van der Waals surface area contributed by atoms with E-state index in [0.717, 1.165) is 22.0 Å². The summed E-state index contributed by atoms with van der Waals surface area (Å²) in [5.41, 5.74) is 3.26. The number of aromatic nitrogens is 1. The van der Waals surface area contributed by atoms with Crippen LogP contribution < -0.4 is 4.74 Å². The fraction of sp³-hybridized carbons (Fsp3) is 0.368. The normalized spacial score (nSPS) is 10.5. The summed E-state index contributed by atoms with van der Waals surface area (Å²) < 4.78 is 5.89. The van der Waals surface area contributed by atoms with Crippen molar-refractivity contribution in [2.75, 3.05) is 6.54 Å². The Hall–Kier alpha value is -2.14. The third-order valence-electron chi connectivity index (χ3n) is 3.86. The molecule has 5 heteroatoms. The molecule has 1 aromatic heterocycles. The Labute approximate surface area is 147 Å². The van der Waals surface area contributed by atoms with Crippen molar-refractivity contribution in [3.05, 3.63) is 58.1 Å². The monoisotopic (exact) mass is 344 g/mol. The summed E-state index contributed by atoms with van der Waals surface area (Å²) in [6.07, 6.45) is 2.23. The number of aryl methyl sites for hydroxylation is 1. The Kier molecular flexibility index (Phi) is 6.55. The molecule has 0 aliphatic rings. The van der Waals surface area contributed by atoms with Gasteiger partial charge in [0.2, 0.25) is 5.91 Å². The molecule has 2 aromatic rings. The number of hydrogen-bond acceptors (Lipinski definition) is 4. The minimum atomic E-state index is 0.107. The third-order valence-corrected chi connectivity index (χ3v) is 4.73. The third kappa shape index (κ3) is 4.68. The van der Waals surface area contributed by atoms with E-state index in [-0.39, 0.29) is 5.91 Å². The van der Waals surface area contributed by atoms with Gasteiger partial charge in [0.15, 0.2) is 0 Å². The number of amides is 1. The number of rotatable bonds is 8. The van der Waals surface area contributed by atoms with Crippen LogP contribution in [-0.2, 0) is 17.9 Å². The highest BCUT2D eigenvalue weighted by atomic mass is 32.1. The smallest absolute Gasteiger partial charge is 0.222 e. The predicted molar refractivity (Wildman–Crippen MR) is 98.3 cm³/mol. The van der Waals surface area contributed by atoms with Crippen molar-refractivity contribution in [2.24, 2.45) is 0 Å². The first-order valence-corrected chi connectivity index (χ1v) is 8.94. The van der Waals surface area contributed by atoms with Crippen molar-refractivity contribution in [2.45, 2.75) is 40.3 Å². The van der Waals surface area contributed by atoms with Crippen LogP contribution in [0.25, 0.3) is 0 Å². The number of hydrogen-bond donors (Lipinski definition) is 0. The van der Waals surface area contributed by atoms with E-state index in [0.29, 0.717) is 26.1 Å². The van der Waals surface area contributed by atoms with Gasteiger partial charge in [-0.1, -0.05) is 25.1 Å². The van der Waals surface area contributed by atoms with Gasteiger partial charge in [0.05, 0.1) is 12.2 Å². The Bertz CT molecular complexity index is 709. The minimum Gasteiger partial charge on any atom is -0.486 e. The van der Waals surface area contributed by atoms with E-state index in [1.165, 1.54) is 5.56 Å². The van der Waals surface area contributed by atoms with Crippen LogP contribution in [0.4, 0.5) is 0 Å². The van der Waals surface area contributed by atoms with E-state index in [9.17, 15) is 4.79 Å². The summed E-state index contributed by atoms with van der Waals surface area (Å²) in [5, 5.41) is 2.90. The quantitative estimate of drug-likeness (QED) is 0.672. The maximum atomic E-state index is 11.9. The van der Waals surface area contributed by atoms with Gasteiger partial charge >= 0.3 is 0 Å². The van der Waals surface area contributed by atoms with Gasteiger partial charge in [-0.05, 0) is 31.0 Å². The first-order chi connectivity index (χ1) is 11.5. The van der Waals surface area contributed by atoms with Crippen LogP contribution in [0.2, 0.25) is 0 Å². The molecule has 0 fully saturated rings. The standard InChI is InChI=1S/C19H24N2O2S/c1-5-10-21(19(22)6-2)11-16-13-24-18(20-16)12-23-17-9-7-8-14(3)15(17)4/h5,7-9,13H,1,6,10-12H2,2-4H3. The summed E-state index contributed by atoms with van der Waals surface area (Å²) >= 11 is 1.56. The average Bonchev–Trinajstić information content (AvgIpc) is 3.02. The molecule has 0 spiro atoms. The second-order valence-corrected chi connectivity index (χ2v) is 6.58. The summed E-state index contributed by atoms with van der Waals surface area (Å²) in [4.78, 5) is 18.3. The Balaban J connectivity index is 1.98. The lowest BCUT2D eigenvalue weighted by molar-refractivity contribution is -0.130. The largest absolute Gasteiger partial charge is 0.486 e. The molecular formula is C19H24N2O2S. The van der Waals surface area contributed by atoms with Crippen molar-refractivity contribution in [3.8, 4) is 5.75 Å². The summed E-state index contributed by atoms with van der Waals surface area (Å²) in [5.74, 6) is 0.997. The highest BCUT2D eigenvalue weighted by molar-refractivity contribution is 7.09. The molecule has 128 valence electrons. The van der Waals surface area contributed by atoms with Crippen LogP contribution in [0.5, 0.6) is 5.75 Å². The van der Waals surface area contributed by atoms with Crippen molar-refractivity contribution in [1.82, 2.24) is 9.88 Å². The highest BCUT2D eigenvalue weighted by Gasteiger charge is 2.13. The van der Waals surface area contributed by atoms with Gasteiger partial charge in [-0.3, -0.25) is 4.79 Å². The number of carbonyl (C=O) groups excluding carboxylic acids is 1. The van der Waals surface area contributed by atoms with E-state index in [2.05, 4.69) is 31.5 Å². The minimum absolute atomic E-state index is 0.107. The molecule has 1 aromatic carbocycles. The van der Waals surface area contributed by atoms with Crippen molar-refractivity contribution < 1.29 is 9.53 Å². The molecule has 0 bridgehead atoms. The maximum Gasteiger partial charge on any atom is 0.222 e. The Morgan fingerprint density at radius 2 is 2.21 bits per heavy atom. The van der Waals surface area contributed by atoms with Crippen LogP contribution in [-0.4, -0.2) is 22.3 Å². The zero-order valence-electron chi connectivity index (χ0n) is 14.5. The molecule has 0 saturated carbocycles. The lowest BCUT2D eigenvalue weighted by Crippen LogP contribution is -2.30. The molecule has 0 atom stereocenters.